The first-order chi connectivity index (χ1) is 7.65. The molecule has 2 rings (SSSR count). The highest BCUT2D eigenvalue weighted by molar-refractivity contribution is 7.11. The van der Waals surface area contributed by atoms with Gasteiger partial charge in [-0.05, 0) is 6.92 Å². The average molecular weight is 276 g/mol. The number of nitrogens with one attached hydrogen (secondary N) is 1. The molecule has 0 saturated carbocycles. The summed E-state index contributed by atoms with van der Waals surface area (Å²) in [5.74, 6) is 0.556. The molecule has 0 bridgehead atoms. The van der Waals surface area contributed by atoms with Crippen LogP contribution in [0, 0.1) is 0 Å². The van der Waals surface area contributed by atoms with Gasteiger partial charge in [0.1, 0.15) is 0 Å². The van der Waals surface area contributed by atoms with Crippen LogP contribution in [0.25, 0.3) is 0 Å². The van der Waals surface area contributed by atoms with Crippen molar-refractivity contribution in [3.63, 3.8) is 0 Å². The summed E-state index contributed by atoms with van der Waals surface area (Å²) in [4.78, 5) is 8.39. The molecule has 0 amide bonds. The highest BCUT2D eigenvalue weighted by Crippen LogP contribution is 2.22. The Balaban J connectivity index is 0.00000144. The Morgan fingerprint density at radius 2 is 2.35 bits per heavy atom. The molecule has 0 unspecified atom stereocenters. The van der Waals surface area contributed by atoms with Gasteiger partial charge in [-0.2, -0.15) is 0 Å². The zero-order chi connectivity index (χ0) is 11.5. The molecule has 0 radical (unpaired) electrons. The lowest BCUT2D eigenvalue weighted by Crippen LogP contribution is -2.48. The lowest BCUT2D eigenvalue weighted by atomic mass is 10.2. The molecule has 3 nitrogen and oxygen atoms in total. The van der Waals surface area contributed by atoms with Crippen LogP contribution in [0.1, 0.15) is 36.6 Å². The van der Waals surface area contributed by atoms with Gasteiger partial charge >= 0.3 is 0 Å². The maximum absolute atomic E-state index is 4.48. The summed E-state index contributed by atoms with van der Waals surface area (Å²) in [5.41, 5.74) is 0. The number of aromatic nitrogens is 1. The second-order valence-electron chi connectivity index (χ2n) is 4.91. The fourth-order valence-corrected chi connectivity index (χ4v) is 3.00. The number of halogens is 1. The molecule has 1 aromatic rings. The summed E-state index contributed by atoms with van der Waals surface area (Å²) < 4.78 is 0. The number of hydrogen-bond acceptors (Lipinski definition) is 4. The summed E-state index contributed by atoms with van der Waals surface area (Å²) in [7, 11) is 0. The molecule has 98 valence electrons. The van der Waals surface area contributed by atoms with Crippen molar-refractivity contribution in [3.05, 3.63) is 16.1 Å². The predicted octanol–water partition coefficient (Wildman–Crippen LogP) is 2.48. The van der Waals surface area contributed by atoms with E-state index in [9.17, 15) is 0 Å². The summed E-state index contributed by atoms with van der Waals surface area (Å²) in [6.07, 6.45) is 2.05. The minimum absolute atomic E-state index is 0. The first kappa shape index (κ1) is 14.9. The zero-order valence-electron chi connectivity index (χ0n) is 10.8. The Bertz CT molecular complexity index is 340. The number of thiazole rings is 1. The summed E-state index contributed by atoms with van der Waals surface area (Å²) in [5, 5.41) is 4.73. The van der Waals surface area contributed by atoms with Crippen LogP contribution in [0.4, 0.5) is 0 Å². The van der Waals surface area contributed by atoms with E-state index in [0.717, 1.165) is 26.2 Å². The highest BCUT2D eigenvalue weighted by atomic mass is 35.5. The van der Waals surface area contributed by atoms with E-state index in [0.29, 0.717) is 12.0 Å². The second-order valence-corrected chi connectivity index (χ2v) is 6.06. The van der Waals surface area contributed by atoms with E-state index in [1.54, 1.807) is 0 Å². The summed E-state index contributed by atoms with van der Waals surface area (Å²) in [6, 6.07) is 0.617. The van der Waals surface area contributed by atoms with Crippen molar-refractivity contribution >= 4 is 23.7 Å². The molecule has 1 saturated heterocycles. The molecule has 0 aliphatic carbocycles. The number of rotatable bonds is 3. The second kappa shape index (κ2) is 6.69. The molecule has 1 N–H and O–H groups in total. The number of piperazine rings is 1. The van der Waals surface area contributed by atoms with Gasteiger partial charge in [-0.25, -0.2) is 4.98 Å². The molecular formula is C12H22ClN3S. The molecule has 0 aromatic carbocycles. The van der Waals surface area contributed by atoms with Crippen molar-refractivity contribution in [2.75, 3.05) is 19.6 Å². The van der Waals surface area contributed by atoms with E-state index in [4.69, 9.17) is 0 Å². The Hall–Kier alpha value is -0.160. The predicted molar refractivity (Wildman–Crippen MR) is 76.2 cm³/mol. The van der Waals surface area contributed by atoms with Gasteiger partial charge in [0.2, 0.25) is 0 Å². The third-order valence-electron chi connectivity index (χ3n) is 2.90. The third kappa shape index (κ3) is 4.21. The number of nitrogens with zero attached hydrogens (tertiary/aromatic N) is 2. The van der Waals surface area contributed by atoms with Gasteiger partial charge in [0.25, 0.3) is 0 Å². The zero-order valence-corrected chi connectivity index (χ0v) is 12.4. The van der Waals surface area contributed by atoms with Gasteiger partial charge in [0.15, 0.2) is 0 Å². The van der Waals surface area contributed by atoms with Crippen LogP contribution < -0.4 is 5.32 Å². The third-order valence-corrected chi connectivity index (χ3v) is 4.18. The lowest BCUT2D eigenvalue weighted by molar-refractivity contribution is 0.201. The SMILES string of the molecule is CC(C)c1ncc(CN2CCN[C@H](C)C2)s1.Cl. The normalized spacial score (nSPS) is 21.5. The van der Waals surface area contributed by atoms with Crippen LogP contribution >= 0.6 is 23.7 Å². The summed E-state index contributed by atoms with van der Waals surface area (Å²) >= 11 is 1.86. The van der Waals surface area contributed by atoms with E-state index < -0.39 is 0 Å². The Kier molecular flexibility index (Phi) is 5.86. The molecule has 0 spiro atoms. The van der Waals surface area contributed by atoms with E-state index in [1.165, 1.54) is 9.88 Å². The van der Waals surface area contributed by atoms with Crippen molar-refractivity contribution in [2.45, 2.75) is 39.3 Å². The first-order valence-electron chi connectivity index (χ1n) is 6.05. The van der Waals surface area contributed by atoms with Crippen molar-refractivity contribution in [3.8, 4) is 0 Å². The van der Waals surface area contributed by atoms with Crippen LogP contribution in [0.5, 0.6) is 0 Å². The van der Waals surface area contributed by atoms with E-state index in [2.05, 4.69) is 36.0 Å². The molecule has 1 aromatic heterocycles. The van der Waals surface area contributed by atoms with Crippen LogP contribution in [0.2, 0.25) is 0 Å². The molecule has 1 fully saturated rings. The molecule has 1 aliphatic rings. The fraction of sp³-hybridized carbons (Fsp3) is 0.750. The highest BCUT2D eigenvalue weighted by Gasteiger charge is 2.16. The standard InChI is InChI=1S/C12H21N3S.ClH/c1-9(2)12-14-6-11(16-12)8-15-5-4-13-10(3)7-15;/h6,9-10,13H,4-5,7-8H2,1-3H3;1H/t10-;/m1./s1. The molecule has 2 heterocycles. The molecule has 5 heteroatoms. The Morgan fingerprint density at radius 3 is 2.94 bits per heavy atom. The van der Waals surface area contributed by atoms with Gasteiger partial charge < -0.3 is 5.32 Å². The van der Waals surface area contributed by atoms with Gasteiger partial charge in [0.05, 0.1) is 5.01 Å². The largest absolute Gasteiger partial charge is 0.312 e. The van der Waals surface area contributed by atoms with Crippen molar-refractivity contribution in [1.29, 1.82) is 0 Å². The van der Waals surface area contributed by atoms with Crippen LogP contribution in [-0.4, -0.2) is 35.6 Å². The van der Waals surface area contributed by atoms with Gasteiger partial charge in [-0.15, -0.1) is 23.7 Å². The van der Waals surface area contributed by atoms with Crippen molar-refractivity contribution in [2.24, 2.45) is 0 Å². The molecular weight excluding hydrogens is 254 g/mol. The quantitative estimate of drug-likeness (QED) is 0.919. The average Bonchev–Trinajstić information content (AvgIpc) is 2.66. The smallest absolute Gasteiger partial charge is 0.0953 e. The van der Waals surface area contributed by atoms with Crippen molar-refractivity contribution < 1.29 is 0 Å². The Morgan fingerprint density at radius 1 is 1.59 bits per heavy atom. The first-order valence-corrected chi connectivity index (χ1v) is 6.87. The van der Waals surface area contributed by atoms with Crippen molar-refractivity contribution in [1.82, 2.24) is 15.2 Å². The van der Waals surface area contributed by atoms with Gasteiger partial charge in [-0.3, -0.25) is 4.90 Å². The van der Waals surface area contributed by atoms with E-state index >= 15 is 0 Å². The molecule has 1 aliphatic heterocycles. The lowest BCUT2D eigenvalue weighted by Gasteiger charge is -2.31. The summed E-state index contributed by atoms with van der Waals surface area (Å²) in [6.45, 7) is 11.1. The number of hydrogen-bond donors (Lipinski definition) is 1. The molecule has 1 atom stereocenters. The molecule has 17 heavy (non-hydrogen) atoms. The van der Waals surface area contributed by atoms with Crippen LogP contribution in [-0.2, 0) is 6.54 Å². The topological polar surface area (TPSA) is 28.2 Å². The van der Waals surface area contributed by atoms with E-state index in [-0.39, 0.29) is 12.4 Å². The van der Waals surface area contributed by atoms with Crippen LogP contribution in [0.3, 0.4) is 0 Å². The minimum Gasteiger partial charge on any atom is -0.312 e. The van der Waals surface area contributed by atoms with Crippen LogP contribution in [0.15, 0.2) is 6.20 Å². The Labute approximate surface area is 114 Å². The fourth-order valence-electron chi connectivity index (χ4n) is 2.04. The van der Waals surface area contributed by atoms with Gasteiger partial charge in [-0.1, -0.05) is 13.8 Å². The maximum Gasteiger partial charge on any atom is 0.0953 e. The van der Waals surface area contributed by atoms with E-state index in [1.807, 2.05) is 17.5 Å². The maximum atomic E-state index is 4.48. The van der Waals surface area contributed by atoms with Gasteiger partial charge in [0, 0.05) is 49.2 Å². The monoisotopic (exact) mass is 275 g/mol. The minimum atomic E-state index is 0.